The van der Waals surface area contributed by atoms with Gasteiger partial charge in [-0.05, 0) is 43.9 Å². The van der Waals surface area contributed by atoms with Crippen LogP contribution in [-0.4, -0.2) is 43.8 Å². The van der Waals surface area contributed by atoms with Gasteiger partial charge in [0.25, 0.3) is 0 Å². The molecule has 3 nitrogen and oxygen atoms in total. The molecule has 2 N–H and O–H groups in total. The number of hydrogen-bond donors (Lipinski definition) is 1. The molecule has 1 aliphatic rings. The lowest BCUT2D eigenvalue weighted by molar-refractivity contribution is 0.0154. The number of hydrogen-bond acceptors (Lipinski definition) is 3. The Balaban J connectivity index is 2.67. The largest absolute Gasteiger partial charge is 0.383 e. The van der Waals surface area contributed by atoms with E-state index >= 15 is 0 Å². The number of methoxy groups -OCH3 is 1. The Labute approximate surface area is 119 Å². The highest BCUT2D eigenvalue weighted by atomic mass is 16.5. The van der Waals surface area contributed by atoms with Crippen LogP contribution in [0.4, 0.5) is 0 Å². The summed E-state index contributed by atoms with van der Waals surface area (Å²) in [6, 6.07) is 0.953. The van der Waals surface area contributed by atoms with Crippen molar-refractivity contribution in [1.82, 2.24) is 4.90 Å². The quantitative estimate of drug-likeness (QED) is 0.806. The first-order valence-corrected chi connectivity index (χ1v) is 7.79. The van der Waals surface area contributed by atoms with Crippen LogP contribution < -0.4 is 5.73 Å². The normalized spacial score (nSPS) is 31.1. The zero-order valence-corrected chi connectivity index (χ0v) is 13.8. The van der Waals surface area contributed by atoms with E-state index in [0.29, 0.717) is 23.4 Å². The van der Waals surface area contributed by atoms with E-state index in [1.807, 2.05) is 0 Å². The minimum Gasteiger partial charge on any atom is -0.383 e. The summed E-state index contributed by atoms with van der Waals surface area (Å²) < 4.78 is 5.24. The van der Waals surface area contributed by atoms with Gasteiger partial charge in [-0.3, -0.25) is 4.90 Å². The van der Waals surface area contributed by atoms with Crippen molar-refractivity contribution >= 4 is 0 Å². The van der Waals surface area contributed by atoms with Crippen molar-refractivity contribution in [3.05, 3.63) is 0 Å². The highest BCUT2D eigenvalue weighted by molar-refractivity contribution is 4.94. The fraction of sp³-hybridized carbons (Fsp3) is 1.00. The first-order chi connectivity index (χ1) is 8.80. The topological polar surface area (TPSA) is 38.5 Å². The summed E-state index contributed by atoms with van der Waals surface area (Å²) in [5, 5.41) is 0. The van der Waals surface area contributed by atoms with Gasteiger partial charge in [0.15, 0.2) is 0 Å². The molecule has 0 aliphatic heterocycles. The van der Waals surface area contributed by atoms with Gasteiger partial charge in [0.05, 0.1) is 6.61 Å². The third kappa shape index (κ3) is 4.17. The van der Waals surface area contributed by atoms with Crippen molar-refractivity contribution < 1.29 is 4.74 Å². The maximum absolute atomic E-state index is 6.25. The van der Waals surface area contributed by atoms with Gasteiger partial charge >= 0.3 is 0 Å². The molecule has 3 atom stereocenters. The molecule has 0 saturated heterocycles. The van der Waals surface area contributed by atoms with Crippen molar-refractivity contribution in [3.8, 4) is 0 Å². The molecule has 1 aliphatic carbocycles. The predicted octanol–water partition coefficient (Wildman–Crippen LogP) is 2.74. The molecule has 19 heavy (non-hydrogen) atoms. The first kappa shape index (κ1) is 16.9. The predicted molar refractivity (Wildman–Crippen MR) is 82.2 cm³/mol. The van der Waals surface area contributed by atoms with Gasteiger partial charge in [-0.2, -0.15) is 0 Å². The third-order valence-electron chi connectivity index (χ3n) is 5.48. The fourth-order valence-corrected chi connectivity index (χ4v) is 3.32. The van der Waals surface area contributed by atoms with Gasteiger partial charge in [0.1, 0.15) is 0 Å². The number of nitrogens with zero attached hydrogens (tertiary/aromatic N) is 1. The number of nitrogens with two attached hydrogens (primary N) is 1. The molecule has 3 heteroatoms. The van der Waals surface area contributed by atoms with Crippen LogP contribution in [0.3, 0.4) is 0 Å². The maximum Gasteiger partial charge on any atom is 0.0589 e. The molecule has 0 aromatic rings. The van der Waals surface area contributed by atoms with Crippen molar-refractivity contribution in [2.75, 3.05) is 26.8 Å². The molecular weight excluding hydrogens is 236 g/mol. The minimum absolute atomic E-state index is 0.331. The molecule has 0 spiro atoms. The van der Waals surface area contributed by atoms with Crippen LogP contribution in [0, 0.1) is 17.3 Å². The van der Waals surface area contributed by atoms with E-state index in [9.17, 15) is 0 Å². The summed E-state index contributed by atoms with van der Waals surface area (Å²) in [6.45, 7) is 14.7. The summed E-state index contributed by atoms with van der Waals surface area (Å²) >= 11 is 0. The van der Waals surface area contributed by atoms with E-state index in [1.54, 1.807) is 7.11 Å². The van der Waals surface area contributed by atoms with E-state index in [-0.39, 0.29) is 0 Å². The lowest BCUT2D eigenvalue weighted by Gasteiger charge is -2.49. The van der Waals surface area contributed by atoms with Crippen LogP contribution >= 0.6 is 0 Å². The zero-order valence-electron chi connectivity index (χ0n) is 13.8. The Morgan fingerprint density at radius 1 is 1.32 bits per heavy atom. The van der Waals surface area contributed by atoms with Crippen molar-refractivity contribution in [1.29, 1.82) is 0 Å². The van der Waals surface area contributed by atoms with Crippen LogP contribution in [0.1, 0.15) is 47.5 Å². The molecular formula is C16H34N2O. The Bertz CT molecular complexity index is 265. The molecule has 0 radical (unpaired) electrons. The second-order valence-electron chi connectivity index (χ2n) is 7.13. The van der Waals surface area contributed by atoms with Crippen molar-refractivity contribution in [3.63, 3.8) is 0 Å². The fourth-order valence-electron chi connectivity index (χ4n) is 3.32. The van der Waals surface area contributed by atoms with Gasteiger partial charge in [0, 0.05) is 32.3 Å². The molecule has 1 fully saturated rings. The smallest absolute Gasteiger partial charge is 0.0589 e. The average Bonchev–Trinajstić information content (AvgIpc) is 2.34. The molecule has 0 amide bonds. The summed E-state index contributed by atoms with van der Waals surface area (Å²) in [5.41, 5.74) is 6.58. The standard InChI is InChI=1S/C16H34N2O/c1-12(2)18(9-10-19-6)11-14-7-8-15(17)13(3)16(14,4)5/h12-15H,7-11,17H2,1-6H3. The van der Waals surface area contributed by atoms with Crippen LogP contribution in [0.5, 0.6) is 0 Å². The van der Waals surface area contributed by atoms with Crippen LogP contribution in [0.2, 0.25) is 0 Å². The van der Waals surface area contributed by atoms with Gasteiger partial charge in [-0.25, -0.2) is 0 Å². The lowest BCUT2D eigenvalue weighted by Crippen LogP contribution is -2.51. The second kappa shape index (κ2) is 7.05. The van der Waals surface area contributed by atoms with Gasteiger partial charge in [0.2, 0.25) is 0 Å². The molecule has 0 heterocycles. The molecule has 114 valence electrons. The van der Waals surface area contributed by atoms with E-state index in [0.717, 1.165) is 19.1 Å². The highest BCUT2D eigenvalue weighted by Gasteiger charge is 2.42. The molecule has 0 aromatic carbocycles. The zero-order chi connectivity index (χ0) is 14.6. The second-order valence-corrected chi connectivity index (χ2v) is 7.13. The van der Waals surface area contributed by atoms with Gasteiger partial charge < -0.3 is 10.5 Å². The van der Waals surface area contributed by atoms with E-state index < -0.39 is 0 Å². The van der Waals surface area contributed by atoms with Crippen LogP contribution in [-0.2, 0) is 4.74 Å². The highest BCUT2D eigenvalue weighted by Crippen LogP contribution is 2.44. The van der Waals surface area contributed by atoms with Gasteiger partial charge in [-0.1, -0.05) is 20.8 Å². The summed E-state index contributed by atoms with van der Waals surface area (Å²) in [7, 11) is 1.78. The third-order valence-corrected chi connectivity index (χ3v) is 5.48. The average molecular weight is 270 g/mol. The summed E-state index contributed by atoms with van der Waals surface area (Å²) in [5.74, 6) is 1.34. The Kier molecular flexibility index (Phi) is 6.28. The maximum atomic E-state index is 6.25. The van der Waals surface area contributed by atoms with E-state index in [1.165, 1.54) is 19.4 Å². The summed E-state index contributed by atoms with van der Waals surface area (Å²) in [6.07, 6.45) is 2.43. The van der Waals surface area contributed by atoms with Crippen molar-refractivity contribution in [2.45, 2.75) is 59.5 Å². The molecule has 0 bridgehead atoms. The minimum atomic E-state index is 0.331. The summed E-state index contributed by atoms with van der Waals surface area (Å²) in [4.78, 5) is 2.56. The van der Waals surface area contributed by atoms with Crippen LogP contribution in [0.15, 0.2) is 0 Å². The van der Waals surface area contributed by atoms with Crippen LogP contribution in [0.25, 0.3) is 0 Å². The molecule has 1 saturated carbocycles. The van der Waals surface area contributed by atoms with E-state index in [2.05, 4.69) is 39.5 Å². The lowest BCUT2D eigenvalue weighted by atomic mass is 9.61. The molecule has 1 rings (SSSR count). The molecule has 3 unspecified atom stereocenters. The Hall–Kier alpha value is -0.120. The number of ether oxygens (including phenoxy) is 1. The molecule has 0 aromatic heterocycles. The van der Waals surface area contributed by atoms with E-state index in [4.69, 9.17) is 10.5 Å². The number of rotatable bonds is 6. The monoisotopic (exact) mass is 270 g/mol. The Morgan fingerprint density at radius 2 is 1.95 bits per heavy atom. The van der Waals surface area contributed by atoms with Gasteiger partial charge in [-0.15, -0.1) is 0 Å². The van der Waals surface area contributed by atoms with Crippen molar-refractivity contribution in [2.24, 2.45) is 23.0 Å². The Morgan fingerprint density at radius 3 is 2.47 bits per heavy atom. The first-order valence-electron chi connectivity index (χ1n) is 7.79. The SMILES string of the molecule is COCCN(CC1CCC(N)C(C)C1(C)C)C(C)C.